The molecule has 2 N–H and O–H groups in total. The Hall–Kier alpha value is -1.77. The second kappa shape index (κ2) is 4.98. The van der Waals surface area contributed by atoms with Gasteiger partial charge in [0, 0.05) is 18.6 Å². The first kappa shape index (κ1) is 9.32. The number of aromatic hydroxyl groups is 1. The maximum atomic E-state index is 8.73. The van der Waals surface area contributed by atoms with Crippen molar-refractivity contribution in [3.63, 3.8) is 0 Å². The summed E-state index contributed by atoms with van der Waals surface area (Å²) in [4.78, 5) is 6.60. The molecule has 0 radical (unpaired) electrons. The summed E-state index contributed by atoms with van der Waals surface area (Å²) in [6, 6.07) is 7.34. The van der Waals surface area contributed by atoms with Crippen molar-refractivity contribution >= 4 is 0 Å². The summed E-state index contributed by atoms with van der Waals surface area (Å²) in [7, 11) is 0. The van der Waals surface area contributed by atoms with Crippen LogP contribution in [0.2, 0.25) is 0 Å². The average molecular weight is 176 g/mol. The summed E-state index contributed by atoms with van der Waals surface area (Å²) in [5.74, 6) is 0.333. The molecule has 0 aliphatic heterocycles. The summed E-state index contributed by atoms with van der Waals surface area (Å²) in [6.07, 6.45) is 5.20. The van der Waals surface area contributed by atoms with Gasteiger partial charge >= 0.3 is 0 Å². The van der Waals surface area contributed by atoms with Crippen LogP contribution in [0.25, 0.3) is 0 Å². The molecule has 0 aliphatic carbocycles. The van der Waals surface area contributed by atoms with E-state index in [1.165, 1.54) is 0 Å². The molecule has 2 aromatic heterocycles. The van der Waals surface area contributed by atoms with E-state index in [4.69, 9.17) is 5.11 Å². The fraction of sp³-hybridized carbons (Fsp3) is 0.100. The Morgan fingerprint density at radius 1 is 1.23 bits per heavy atom. The first-order valence-corrected chi connectivity index (χ1v) is 3.98. The van der Waals surface area contributed by atoms with Gasteiger partial charge in [-0.2, -0.15) is 0 Å². The number of aromatic amines is 1. The van der Waals surface area contributed by atoms with Gasteiger partial charge in [-0.1, -0.05) is 6.07 Å². The Morgan fingerprint density at radius 2 is 1.92 bits per heavy atom. The van der Waals surface area contributed by atoms with Crippen molar-refractivity contribution in [1.82, 2.24) is 9.97 Å². The van der Waals surface area contributed by atoms with E-state index in [1.807, 2.05) is 25.1 Å². The van der Waals surface area contributed by atoms with E-state index in [0.717, 1.165) is 5.69 Å². The molecule has 0 saturated heterocycles. The van der Waals surface area contributed by atoms with E-state index >= 15 is 0 Å². The molecule has 13 heavy (non-hydrogen) atoms. The average Bonchev–Trinajstić information content (AvgIpc) is 2.55. The highest BCUT2D eigenvalue weighted by Gasteiger charge is 1.89. The largest absolute Gasteiger partial charge is 0.506 e. The molecule has 68 valence electrons. The first-order valence-electron chi connectivity index (χ1n) is 3.98. The van der Waals surface area contributed by atoms with Crippen LogP contribution in [0.1, 0.15) is 5.69 Å². The van der Waals surface area contributed by atoms with Crippen molar-refractivity contribution in [1.29, 1.82) is 0 Å². The lowest BCUT2D eigenvalue weighted by Crippen LogP contribution is -1.64. The fourth-order valence-electron chi connectivity index (χ4n) is 0.757. The minimum Gasteiger partial charge on any atom is -0.506 e. The third-order valence-electron chi connectivity index (χ3n) is 1.49. The van der Waals surface area contributed by atoms with Crippen molar-refractivity contribution in [3.05, 3.63) is 48.5 Å². The van der Waals surface area contributed by atoms with E-state index in [0.29, 0.717) is 5.75 Å². The summed E-state index contributed by atoms with van der Waals surface area (Å²) in [5, 5.41) is 8.73. The third kappa shape index (κ3) is 3.42. The molecular weight excluding hydrogens is 164 g/mol. The van der Waals surface area contributed by atoms with Gasteiger partial charge in [0.05, 0.1) is 5.69 Å². The van der Waals surface area contributed by atoms with E-state index < -0.39 is 0 Å². The molecule has 0 aromatic carbocycles. The molecule has 0 saturated carbocycles. The summed E-state index contributed by atoms with van der Waals surface area (Å²) < 4.78 is 0. The number of aryl methyl sites for hydroxylation is 1. The van der Waals surface area contributed by atoms with Crippen LogP contribution in [-0.4, -0.2) is 15.1 Å². The summed E-state index contributed by atoms with van der Waals surface area (Å²) in [5.41, 5.74) is 0.819. The van der Waals surface area contributed by atoms with Crippen LogP contribution < -0.4 is 0 Å². The number of hydrogen-bond donors (Lipinski definition) is 2. The molecule has 0 aliphatic rings. The van der Waals surface area contributed by atoms with E-state index in [1.54, 1.807) is 24.7 Å². The van der Waals surface area contributed by atoms with Crippen molar-refractivity contribution in [3.8, 4) is 5.75 Å². The van der Waals surface area contributed by atoms with Gasteiger partial charge in [0.2, 0.25) is 0 Å². The topological polar surface area (TPSA) is 48.9 Å². The standard InChI is InChI=1S/C5H7NO.C5H5N/c1-4-5(7)2-3-6-4;1-2-4-6-5-3-1/h2-3,6-7H,1H3;1-5H. The lowest BCUT2D eigenvalue weighted by Gasteiger charge is -1.81. The zero-order valence-corrected chi connectivity index (χ0v) is 7.44. The van der Waals surface area contributed by atoms with E-state index in [9.17, 15) is 0 Å². The van der Waals surface area contributed by atoms with Gasteiger partial charge in [0.1, 0.15) is 5.75 Å². The van der Waals surface area contributed by atoms with Crippen molar-refractivity contribution in [2.75, 3.05) is 0 Å². The predicted molar refractivity (Wildman–Crippen MR) is 51.4 cm³/mol. The smallest absolute Gasteiger partial charge is 0.135 e. The molecule has 2 heterocycles. The Labute approximate surface area is 77.1 Å². The van der Waals surface area contributed by atoms with Crippen LogP contribution in [0.4, 0.5) is 0 Å². The molecule has 0 bridgehead atoms. The minimum atomic E-state index is 0.333. The Morgan fingerprint density at radius 3 is 2.08 bits per heavy atom. The number of nitrogens with zero attached hydrogens (tertiary/aromatic N) is 1. The Balaban J connectivity index is 0.000000132. The molecule has 0 spiro atoms. The van der Waals surface area contributed by atoms with Gasteiger partial charge in [-0.15, -0.1) is 0 Å². The molecule has 0 amide bonds. The Bertz CT molecular complexity index is 286. The maximum Gasteiger partial charge on any atom is 0.135 e. The molecule has 3 heteroatoms. The van der Waals surface area contributed by atoms with Gasteiger partial charge < -0.3 is 10.1 Å². The molecule has 0 fully saturated rings. The number of aromatic nitrogens is 2. The van der Waals surface area contributed by atoms with Gasteiger partial charge in [-0.25, -0.2) is 0 Å². The number of rotatable bonds is 0. The highest BCUT2D eigenvalue weighted by atomic mass is 16.3. The lowest BCUT2D eigenvalue weighted by atomic mass is 10.4. The number of hydrogen-bond acceptors (Lipinski definition) is 2. The van der Waals surface area contributed by atoms with E-state index in [-0.39, 0.29) is 0 Å². The molecule has 3 nitrogen and oxygen atoms in total. The SMILES string of the molecule is Cc1[nH]ccc1O.c1ccncc1. The monoisotopic (exact) mass is 176 g/mol. The van der Waals surface area contributed by atoms with Gasteiger partial charge in [0.25, 0.3) is 0 Å². The quantitative estimate of drug-likeness (QED) is 0.645. The highest BCUT2D eigenvalue weighted by Crippen LogP contribution is 2.10. The zero-order valence-electron chi connectivity index (χ0n) is 7.44. The summed E-state index contributed by atoms with van der Waals surface area (Å²) in [6.45, 7) is 1.81. The van der Waals surface area contributed by atoms with Crippen molar-refractivity contribution in [2.24, 2.45) is 0 Å². The highest BCUT2D eigenvalue weighted by molar-refractivity contribution is 5.23. The number of H-pyrrole nitrogens is 1. The first-order chi connectivity index (χ1) is 6.30. The lowest BCUT2D eigenvalue weighted by molar-refractivity contribution is 0.472. The molecular formula is C10H12N2O. The van der Waals surface area contributed by atoms with Crippen molar-refractivity contribution in [2.45, 2.75) is 6.92 Å². The number of nitrogens with one attached hydrogen (secondary N) is 1. The Kier molecular flexibility index (Phi) is 3.57. The van der Waals surface area contributed by atoms with Crippen LogP contribution in [0.5, 0.6) is 5.75 Å². The van der Waals surface area contributed by atoms with Gasteiger partial charge in [-0.3, -0.25) is 4.98 Å². The maximum absolute atomic E-state index is 8.73. The molecule has 0 unspecified atom stereocenters. The predicted octanol–water partition coefficient (Wildman–Crippen LogP) is 2.11. The zero-order chi connectivity index (χ0) is 9.52. The van der Waals surface area contributed by atoms with Crippen molar-refractivity contribution < 1.29 is 5.11 Å². The third-order valence-corrected chi connectivity index (χ3v) is 1.49. The van der Waals surface area contributed by atoms with Gasteiger partial charge in [-0.05, 0) is 25.1 Å². The molecule has 2 aromatic rings. The molecule has 0 atom stereocenters. The van der Waals surface area contributed by atoms with E-state index in [2.05, 4.69) is 9.97 Å². The van der Waals surface area contributed by atoms with Crippen LogP contribution >= 0.6 is 0 Å². The second-order valence-corrected chi connectivity index (χ2v) is 2.51. The van der Waals surface area contributed by atoms with Crippen LogP contribution in [0, 0.1) is 6.92 Å². The normalized spacial score (nSPS) is 8.69. The van der Waals surface area contributed by atoms with Crippen LogP contribution in [-0.2, 0) is 0 Å². The molecule has 2 rings (SSSR count). The number of pyridine rings is 1. The fourth-order valence-corrected chi connectivity index (χ4v) is 0.757. The summed E-state index contributed by atoms with van der Waals surface area (Å²) >= 11 is 0. The van der Waals surface area contributed by atoms with Crippen LogP contribution in [0.15, 0.2) is 42.9 Å². The second-order valence-electron chi connectivity index (χ2n) is 2.51. The minimum absolute atomic E-state index is 0.333. The van der Waals surface area contributed by atoms with Gasteiger partial charge in [0.15, 0.2) is 0 Å². The van der Waals surface area contributed by atoms with Crippen LogP contribution in [0.3, 0.4) is 0 Å².